The van der Waals surface area contributed by atoms with E-state index in [1.54, 1.807) is 17.9 Å². The van der Waals surface area contributed by atoms with Crippen molar-refractivity contribution in [2.24, 2.45) is 0 Å². The summed E-state index contributed by atoms with van der Waals surface area (Å²) in [4.78, 5) is 13.4. The van der Waals surface area contributed by atoms with Crippen molar-refractivity contribution in [2.45, 2.75) is 45.3 Å². The Bertz CT molecular complexity index is 490. The molecule has 1 unspecified atom stereocenters. The molecule has 2 rings (SSSR count). The SMILES string of the molecule is CCOC(=O)N1CCC(NCC(C)(O)c2ccc(C)o2)CC1. The maximum Gasteiger partial charge on any atom is 0.409 e. The molecule has 1 atom stereocenters. The first-order valence-electron chi connectivity index (χ1n) is 7.86. The predicted molar refractivity (Wildman–Crippen MR) is 82.6 cm³/mol. The number of hydrogen-bond acceptors (Lipinski definition) is 5. The van der Waals surface area contributed by atoms with Crippen LogP contribution in [0.1, 0.15) is 38.2 Å². The number of carbonyl (C=O) groups excluding carboxylic acids is 1. The minimum absolute atomic E-state index is 0.237. The Morgan fingerprint density at radius 3 is 2.73 bits per heavy atom. The molecule has 124 valence electrons. The maximum atomic E-state index is 11.6. The van der Waals surface area contributed by atoms with E-state index < -0.39 is 5.60 Å². The van der Waals surface area contributed by atoms with Crippen LogP contribution < -0.4 is 5.32 Å². The standard InChI is InChI=1S/C16H26N2O4/c1-4-21-15(19)18-9-7-13(8-10-18)17-11-16(3,20)14-6-5-12(2)22-14/h5-6,13,17,20H,4,7-11H2,1-3H3. The highest BCUT2D eigenvalue weighted by Crippen LogP contribution is 2.22. The van der Waals surface area contributed by atoms with E-state index in [1.165, 1.54) is 0 Å². The van der Waals surface area contributed by atoms with Crippen LogP contribution in [-0.4, -0.2) is 48.4 Å². The molecular formula is C16H26N2O4. The first-order chi connectivity index (χ1) is 10.4. The van der Waals surface area contributed by atoms with Crippen molar-refractivity contribution in [1.29, 1.82) is 0 Å². The molecule has 2 N–H and O–H groups in total. The number of aliphatic hydroxyl groups is 1. The minimum atomic E-state index is -1.04. The molecular weight excluding hydrogens is 284 g/mol. The van der Waals surface area contributed by atoms with Crippen molar-refractivity contribution in [1.82, 2.24) is 10.2 Å². The lowest BCUT2D eigenvalue weighted by molar-refractivity contribution is 0.0276. The lowest BCUT2D eigenvalue weighted by atomic mass is 10.0. The van der Waals surface area contributed by atoms with Gasteiger partial charge in [0, 0.05) is 25.7 Å². The Labute approximate surface area is 131 Å². The molecule has 22 heavy (non-hydrogen) atoms. The number of nitrogens with zero attached hydrogens (tertiary/aromatic N) is 1. The monoisotopic (exact) mass is 310 g/mol. The van der Waals surface area contributed by atoms with Crippen LogP contribution in [0.5, 0.6) is 0 Å². The highest BCUT2D eigenvalue weighted by atomic mass is 16.6. The largest absolute Gasteiger partial charge is 0.463 e. The molecule has 0 spiro atoms. The summed E-state index contributed by atoms with van der Waals surface area (Å²) in [6, 6.07) is 3.94. The van der Waals surface area contributed by atoms with Gasteiger partial charge in [-0.05, 0) is 45.7 Å². The smallest absolute Gasteiger partial charge is 0.409 e. The second-order valence-electron chi connectivity index (χ2n) is 6.03. The number of amides is 1. The van der Waals surface area contributed by atoms with E-state index in [4.69, 9.17) is 9.15 Å². The Hall–Kier alpha value is -1.53. The minimum Gasteiger partial charge on any atom is -0.463 e. The first kappa shape index (κ1) is 16.8. The lowest BCUT2D eigenvalue weighted by Gasteiger charge is -2.33. The van der Waals surface area contributed by atoms with Gasteiger partial charge in [-0.3, -0.25) is 0 Å². The number of carbonyl (C=O) groups is 1. The number of piperidine rings is 1. The molecule has 1 saturated heterocycles. The number of rotatable bonds is 5. The van der Waals surface area contributed by atoms with Gasteiger partial charge in [-0.1, -0.05) is 0 Å². The van der Waals surface area contributed by atoms with Gasteiger partial charge < -0.3 is 24.5 Å². The van der Waals surface area contributed by atoms with Crippen molar-refractivity contribution < 1.29 is 19.1 Å². The molecule has 0 bridgehead atoms. The summed E-state index contributed by atoms with van der Waals surface area (Å²) in [5.41, 5.74) is -1.04. The van der Waals surface area contributed by atoms with Crippen LogP contribution in [0.4, 0.5) is 4.79 Å². The van der Waals surface area contributed by atoms with Gasteiger partial charge >= 0.3 is 6.09 Å². The Morgan fingerprint density at radius 1 is 1.50 bits per heavy atom. The fourth-order valence-electron chi connectivity index (χ4n) is 2.64. The topological polar surface area (TPSA) is 74.9 Å². The van der Waals surface area contributed by atoms with Gasteiger partial charge in [0.15, 0.2) is 0 Å². The maximum absolute atomic E-state index is 11.6. The highest BCUT2D eigenvalue weighted by Gasteiger charge is 2.29. The van der Waals surface area contributed by atoms with E-state index in [1.807, 2.05) is 19.9 Å². The molecule has 1 aliphatic rings. The summed E-state index contributed by atoms with van der Waals surface area (Å²) in [5.74, 6) is 1.36. The van der Waals surface area contributed by atoms with Gasteiger partial charge in [0.2, 0.25) is 0 Å². The molecule has 1 fully saturated rings. The Kier molecular flexibility index (Phi) is 5.47. The number of aryl methyl sites for hydroxylation is 1. The molecule has 1 aliphatic heterocycles. The molecule has 0 radical (unpaired) electrons. The summed E-state index contributed by atoms with van der Waals surface area (Å²) in [5, 5.41) is 13.9. The quantitative estimate of drug-likeness (QED) is 0.870. The van der Waals surface area contributed by atoms with Crippen molar-refractivity contribution >= 4 is 6.09 Å². The van der Waals surface area contributed by atoms with E-state index in [0.29, 0.717) is 32.0 Å². The van der Waals surface area contributed by atoms with E-state index >= 15 is 0 Å². The van der Waals surface area contributed by atoms with Crippen molar-refractivity contribution in [3.8, 4) is 0 Å². The van der Waals surface area contributed by atoms with Crippen LogP contribution in [0.15, 0.2) is 16.5 Å². The fraction of sp³-hybridized carbons (Fsp3) is 0.688. The van der Waals surface area contributed by atoms with Crippen molar-refractivity contribution in [3.05, 3.63) is 23.7 Å². The second-order valence-corrected chi connectivity index (χ2v) is 6.03. The normalized spacial score (nSPS) is 19.0. The van der Waals surface area contributed by atoms with Crippen molar-refractivity contribution in [2.75, 3.05) is 26.2 Å². The van der Waals surface area contributed by atoms with Crippen molar-refractivity contribution in [3.63, 3.8) is 0 Å². The summed E-state index contributed by atoms with van der Waals surface area (Å²) >= 11 is 0. The summed E-state index contributed by atoms with van der Waals surface area (Å²) in [6.45, 7) is 7.60. The van der Waals surface area contributed by atoms with Gasteiger partial charge in [0.25, 0.3) is 0 Å². The Morgan fingerprint density at radius 2 is 2.18 bits per heavy atom. The van der Waals surface area contributed by atoms with Crippen LogP contribution in [-0.2, 0) is 10.3 Å². The summed E-state index contributed by atoms with van der Waals surface area (Å²) in [7, 11) is 0. The third-order valence-electron chi connectivity index (χ3n) is 4.03. The van der Waals surface area contributed by atoms with E-state index in [-0.39, 0.29) is 12.1 Å². The Balaban J connectivity index is 1.78. The molecule has 0 aromatic carbocycles. The molecule has 1 amide bonds. The lowest BCUT2D eigenvalue weighted by Crippen LogP contribution is -2.48. The zero-order valence-corrected chi connectivity index (χ0v) is 13.6. The van der Waals surface area contributed by atoms with Crippen LogP contribution in [0.25, 0.3) is 0 Å². The van der Waals surface area contributed by atoms with Gasteiger partial charge in [-0.15, -0.1) is 0 Å². The zero-order valence-electron chi connectivity index (χ0n) is 13.6. The predicted octanol–water partition coefficient (Wildman–Crippen LogP) is 2.01. The van der Waals surface area contributed by atoms with Gasteiger partial charge in [0.1, 0.15) is 17.1 Å². The average Bonchev–Trinajstić information content (AvgIpc) is 2.93. The highest BCUT2D eigenvalue weighted by molar-refractivity contribution is 5.67. The third-order valence-corrected chi connectivity index (χ3v) is 4.03. The zero-order chi connectivity index (χ0) is 16.2. The summed E-state index contributed by atoms with van der Waals surface area (Å²) < 4.78 is 10.5. The fourth-order valence-corrected chi connectivity index (χ4v) is 2.64. The molecule has 6 nitrogen and oxygen atoms in total. The number of hydrogen-bond donors (Lipinski definition) is 2. The number of furan rings is 1. The number of likely N-dealkylation sites (tertiary alicyclic amines) is 1. The molecule has 2 heterocycles. The molecule has 6 heteroatoms. The van der Waals surface area contributed by atoms with Crippen LogP contribution in [0, 0.1) is 6.92 Å². The first-order valence-corrected chi connectivity index (χ1v) is 7.86. The number of ether oxygens (including phenoxy) is 1. The molecule has 0 saturated carbocycles. The van der Waals surface area contributed by atoms with E-state index in [2.05, 4.69) is 5.32 Å². The summed E-state index contributed by atoms with van der Waals surface area (Å²) in [6.07, 6.45) is 1.47. The number of nitrogens with one attached hydrogen (secondary N) is 1. The van der Waals surface area contributed by atoms with Gasteiger partial charge in [-0.25, -0.2) is 4.79 Å². The second kappa shape index (κ2) is 7.15. The molecule has 1 aromatic heterocycles. The van der Waals surface area contributed by atoms with Gasteiger partial charge in [-0.2, -0.15) is 0 Å². The average molecular weight is 310 g/mol. The van der Waals surface area contributed by atoms with Crippen LogP contribution in [0.3, 0.4) is 0 Å². The van der Waals surface area contributed by atoms with E-state index in [0.717, 1.165) is 18.6 Å². The van der Waals surface area contributed by atoms with Crippen LogP contribution >= 0.6 is 0 Å². The van der Waals surface area contributed by atoms with Crippen LogP contribution in [0.2, 0.25) is 0 Å². The molecule has 1 aromatic rings. The molecule has 0 aliphatic carbocycles. The van der Waals surface area contributed by atoms with E-state index in [9.17, 15) is 9.90 Å². The van der Waals surface area contributed by atoms with Gasteiger partial charge in [0.05, 0.1) is 6.61 Å². The third kappa shape index (κ3) is 4.24.